The molecular weight excluding hydrogens is 610 g/mol. The molecule has 1 heterocycles. The molecule has 0 amide bonds. The fourth-order valence-corrected chi connectivity index (χ4v) is 5.02. The van der Waals surface area contributed by atoms with Crippen molar-refractivity contribution in [1.82, 2.24) is 0 Å². The zero-order chi connectivity index (χ0) is 30.7. The van der Waals surface area contributed by atoms with Crippen LogP contribution >= 0.6 is 11.8 Å². The Morgan fingerprint density at radius 1 is 1.15 bits per heavy atom. The second-order valence-corrected chi connectivity index (χ2v) is 11.7. The predicted molar refractivity (Wildman–Crippen MR) is 148 cm³/mol. The Kier molecular flexibility index (Phi) is 13.5. The third-order valence-electron chi connectivity index (χ3n) is 5.27. The molecule has 5 N–H and O–H groups in total. The van der Waals surface area contributed by atoms with Gasteiger partial charge >= 0.3 is 16.4 Å². The molecule has 18 heteroatoms. The minimum Gasteiger partial charge on any atom is -0.502 e. The smallest absolute Gasteiger partial charge is 0.466 e. The van der Waals surface area contributed by atoms with E-state index in [0.29, 0.717) is 17.3 Å². The number of esters is 1. The first-order valence-electron chi connectivity index (χ1n) is 11.6. The summed E-state index contributed by atoms with van der Waals surface area (Å²) >= 11 is 0.630. The summed E-state index contributed by atoms with van der Waals surface area (Å²) in [4.78, 5) is 12.3. The van der Waals surface area contributed by atoms with Crippen molar-refractivity contribution in [2.24, 2.45) is 5.16 Å². The number of aromatic hydroxyl groups is 1. The zero-order valence-corrected chi connectivity index (χ0v) is 24.5. The monoisotopic (exact) mass is 641 g/mol. The number of carbonyl (C=O) groups excluding carboxylic acids is 1. The number of nitrogens with zero attached hydrogens (tertiary/aromatic N) is 1. The molecule has 0 unspecified atom stereocenters. The molecule has 1 aliphatic rings. The van der Waals surface area contributed by atoms with Gasteiger partial charge in [0.05, 0.1) is 14.2 Å². The van der Waals surface area contributed by atoms with Gasteiger partial charge in [-0.1, -0.05) is 23.0 Å². The summed E-state index contributed by atoms with van der Waals surface area (Å²) in [6.07, 6.45) is -0.850. The van der Waals surface area contributed by atoms with Crippen LogP contribution in [0, 0.1) is 0 Å². The summed E-state index contributed by atoms with van der Waals surface area (Å²) in [5.41, 5.74) is -0.908. The number of phenols is 1. The van der Waals surface area contributed by atoms with Crippen LogP contribution < -0.4 is 9.47 Å². The molecule has 1 aliphatic heterocycles. The molecule has 1 fully saturated rings. The zero-order valence-electron chi connectivity index (χ0n) is 22.1. The number of thioether (sulfide) groups is 1. The van der Waals surface area contributed by atoms with Crippen molar-refractivity contribution in [3.05, 3.63) is 35.3 Å². The second kappa shape index (κ2) is 16.1. The molecule has 0 radical (unpaired) electrons. The van der Waals surface area contributed by atoms with Crippen molar-refractivity contribution < 1.29 is 65.6 Å². The van der Waals surface area contributed by atoms with Gasteiger partial charge in [-0.2, -0.15) is 8.42 Å². The van der Waals surface area contributed by atoms with E-state index in [1.165, 1.54) is 50.2 Å². The lowest BCUT2D eigenvalue weighted by molar-refractivity contribution is -0.209. The van der Waals surface area contributed by atoms with E-state index in [1.807, 2.05) is 0 Å². The molecule has 1 saturated heterocycles. The fourth-order valence-electron chi connectivity index (χ4n) is 3.30. The van der Waals surface area contributed by atoms with Crippen molar-refractivity contribution >= 4 is 50.0 Å². The molecule has 230 valence electrons. The van der Waals surface area contributed by atoms with E-state index in [0.717, 1.165) is 6.08 Å². The van der Waals surface area contributed by atoms with Crippen LogP contribution in [0.3, 0.4) is 0 Å². The summed E-state index contributed by atoms with van der Waals surface area (Å²) in [7, 11) is -3.51. The number of allylic oxidation sites excluding steroid dienone is 1. The molecule has 1 aromatic rings. The van der Waals surface area contributed by atoms with Crippen LogP contribution in [0.5, 0.6) is 17.2 Å². The topological polar surface area (TPSA) is 228 Å². The number of aliphatic hydroxyl groups is 3. The highest BCUT2D eigenvalue weighted by Gasteiger charge is 2.45. The molecular formula is C23H31NO14S3. The van der Waals surface area contributed by atoms with Crippen LogP contribution in [0.4, 0.5) is 0 Å². The summed E-state index contributed by atoms with van der Waals surface area (Å²) in [5, 5.41) is 45.7. The van der Waals surface area contributed by atoms with Crippen LogP contribution in [-0.4, -0.2) is 106 Å². The van der Waals surface area contributed by atoms with Crippen molar-refractivity contribution in [1.29, 1.82) is 0 Å². The van der Waals surface area contributed by atoms with E-state index in [9.17, 15) is 37.8 Å². The largest absolute Gasteiger partial charge is 0.502 e. The lowest BCUT2D eigenvalue weighted by Crippen LogP contribution is -2.58. The molecule has 0 saturated carbocycles. The molecule has 1 aromatic carbocycles. The van der Waals surface area contributed by atoms with Crippen LogP contribution in [0.2, 0.25) is 0 Å². The Labute approximate surface area is 242 Å². The number of hydrogen-bond acceptors (Lipinski definition) is 15. The third-order valence-corrected chi connectivity index (χ3v) is 7.28. The van der Waals surface area contributed by atoms with Gasteiger partial charge in [0.15, 0.2) is 11.5 Å². The summed E-state index contributed by atoms with van der Waals surface area (Å²) in [6, 6.07) is 2.88. The quantitative estimate of drug-likeness (QED) is 0.0488. The van der Waals surface area contributed by atoms with Gasteiger partial charge in [0.2, 0.25) is 5.75 Å². The van der Waals surface area contributed by atoms with E-state index in [-0.39, 0.29) is 35.1 Å². The number of ether oxygens (including phenoxy) is 4. The van der Waals surface area contributed by atoms with Crippen molar-refractivity contribution in [2.75, 3.05) is 27.1 Å². The Bertz CT molecular complexity index is 1240. The Hall–Kier alpha value is -2.71. The normalized spacial score (nSPS) is 24.4. The maximum atomic E-state index is 12.3. The van der Waals surface area contributed by atoms with Crippen molar-refractivity contribution in [2.45, 2.75) is 42.7 Å². The van der Waals surface area contributed by atoms with E-state index < -0.39 is 63.6 Å². The van der Waals surface area contributed by atoms with Gasteiger partial charge in [0.1, 0.15) is 41.5 Å². The number of methoxy groups -OCH3 is 2. The van der Waals surface area contributed by atoms with Gasteiger partial charge in [-0.15, -0.1) is 0 Å². The van der Waals surface area contributed by atoms with Crippen LogP contribution in [0.15, 0.2) is 34.8 Å². The number of benzene rings is 1. The summed E-state index contributed by atoms with van der Waals surface area (Å²) in [6.45, 7) is -0.549. The molecule has 41 heavy (non-hydrogen) atoms. The first-order chi connectivity index (χ1) is 19.2. The molecule has 6 atom stereocenters. The van der Waals surface area contributed by atoms with E-state index in [1.54, 1.807) is 0 Å². The van der Waals surface area contributed by atoms with E-state index >= 15 is 0 Å². The van der Waals surface area contributed by atoms with Gasteiger partial charge in [-0.3, -0.25) is 8.76 Å². The average Bonchev–Trinajstić information content (AvgIpc) is 2.91. The number of aliphatic hydroxyl groups excluding tert-OH is 3. The van der Waals surface area contributed by atoms with Crippen LogP contribution in [-0.2, 0) is 39.8 Å². The molecule has 2 rings (SSSR count). The molecule has 0 aliphatic carbocycles. The van der Waals surface area contributed by atoms with Gasteiger partial charge in [-0.25, -0.2) is 9.08 Å². The van der Waals surface area contributed by atoms with Gasteiger partial charge < -0.3 is 39.4 Å². The van der Waals surface area contributed by atoms with Crippen LogP contribution in [0.25, 0.3) is 6.08 Å². The van der Waals surface area contributed by atoms with Gasteiger partial charge in [0, 0.05) is 29.6 Å². The third kappa shape index (κ3) is 11.2. The first-order valence-corrected chi connectivity index (χ1v) is 15.5. The maximum Gasteiger partial charge on any atom is 0.466 e. The second-order valence-electron chi connectivity index (χ2n) is 8.27. The van der Waals surface area contributed by atoms with Gasteiger partial charge in [-0.05, 0) is 35.6 Å². The average molecular weight is 642 g/mol. The highest BCUT2D eigenvalue weighted by Crippen LogP contribution is 2.37. The van der Waals surface area contributed by atoms with E-state index in [4.69, 9.17) is 23.5 Å². The predicted octanol–water partition coefficient (Wildman–Crippen LogP) is 0.312. The Morgan fingerprint density at radius 2 is 1.78 bits per heavy atom. The highest BCUT2D eigenvalue weighted by molar-refractivity contribution is 8.14. The molecule has 0 spiro atoms. The molecule has 0 aromatic heterocycles. The minimum absolute atomic E-state index is 0.00358. The SMILES string of the molecule is COc1cc(C=CC(=O)OC[C@@H]2O[C@H](SC(CCC=C[S@@](C)=O)=NOS(=O)(=O)O)[C@@H](O)[C@@H](O)[C@H]2O)cc(OC)c1O. The Balaban J connectivity index is 2.10. The maximum absolute atomic E-state index is 12.3. The summed E-state index contributed by atoms with van der Waals surface area (Å²) < 4.78 is 66.8. The lowest BCUT2D eigenvalue weighted by atomic mass is 10.0. The number of phenolic OH excluding ortho intramolecular Hbond substituents is 1. The number of carbonyl (C=O) groups is 1. The minimum atomic E-state index is -4.95. The fraction of sp³-hybridized carbons (Fsp3) is 0.478. The highest BCUT2D eigenvalue weighted by atomic mass is 32.3. The Morgan fingerprint density at radius 3 is 2.34 bits per heavy atom. The standard InChI is InChI=1S/C23H31NO14S3/c1-34-14-10-13(11-15(35-2)19(14)26)7-8-18(25)36-12-16-20(27)21(28)22(29)23(37-16)39-17(24-38-41(31,32)33)6-4-5-9-40(3)30/h5,7-11,16,20-23,26-29H,4,6,12H2,1-3H3,(H,31,32,33)/t16-,20-,21-,22-,23+,40+/m0/s1. The molecule has 0 bridgehead atoms. The molecule has 15 nitrogen and oxygen atoms in total. The van der Waals surface area contributed by atoms with E-state index in [2.05, 4.69) is 9.44 Å². The summed E-state index contributed by atoms with van der Waals surface area (Å²) in [5.74, 6) is -0.875. The van der Waals surface area contributed by atoms with Crippen molar-refractivity contribution in [3.8, 4) is 17.2 Å². The number of rotatable bonds is 13. The first kappa shape index (κ1) is 34.5. The number of oxime groups is 1. The van der Waals surface area contributed by atoms with Crippen molar-refractivity contribution in [3.63, 3.8) is 0 Å². The van der Waals surface area contributed by atoms with Gasteiger partial charge in [0.25, 0.3) is 0 Å². The number of hydrogen-bond donors (Lipinski definition) is 5. The lowest BCUT2D eigenvalue weighted by Gasteiger charge is -2.39. The van der Waals surface area contributed by atoms with Crippen LogP contribution in [0.1, 0.15) is 18.4 Å².